The lowest BCUT2D eigenvalue weighted by molar-refractivity contribution is 0.118. The molecule has 0 bridgehead atoms. The summed E-state index contributed by atoms with van der Waals surface area (Å²) >= 11 is 0. The first-order valence-corrected chi connectivity index (χ1v) is 9.41. The molecule has 2 aromatic carbocycles. The van der Waals surface area contributed by atoms with Crippen LogP contribution in [-0.4, -0.2) is 18.7 Å². The van der Waals surface area contributed by atoms with Crippen LogP contribution >= 0.6 is 0 Å². The van der Waals surface area contributed by atoms with Gasteiger partial charge >= 0.3 is 5.63 Å². The summed E-state index contributed by atoms with van der Waals surface area (Å²) in [6, 6.07) is 15.5. The second kappa shape index (κ2) is 7.90. The maximum absolute atomic E-state index is 12.4. The molecule has 4 aromatic rings. The van der Waals surface area contributed by atoms with Crippen LogP contribution in [0, 0.1) is 6.92 Å². The first-order chi connectivity index (χ1) is 13.7. The number of aromatic amines is 1. The molecule has 5 heteroatoms. The fourth-order valence-electron chi connectivity index (χ4n) is 3.53. The lowest BCUT2D eigenvalue weighted by Gasteiger charge is -2.06. The topological polar surface area (TPSA) is 64.5 Å². The first-order valence-electron chi connectivity index (χ1n) is 9.41. The summed E-state index contributed by atoms with van der Waals surface area (Å²) in [5.74, 6) is 0.843. The van der Waals surface area contributed by atoms with Gasteiger partial charge in [-0.25, -0.2) is 4.79 Å². The molecule has 2 aromatic heterocycles. The molecule has 0 amide bonds. The van der Waals surface area contributed by atoms with Crippen molar-refractivity contribution in [2.24, 2.45) is 0 Å². The molecule has 0 spiro atoms. The highest BCUT2D eigenvalue weighted by Gasteiger charge is 2.15. The molecule has 0 aliphatic heterocycles. The minimum Gasteiger partial charge on any atom is -0.497 e. The third-order valence-corrected chi connectivity index (χ3v) is 5.06. The number of para-hydroxylation sites is 1. The number of aryl methyl sites for hydroxylation is 2. The van der Waals surface area contributed by atoms with Gasteiger partial charge in [-0.1, -0.05) is 24.3 Å². The molecule has 0 atom stereocenters. The molecule has 0 aliphatic rings. The van der Waals surface area contributed by atoms with Gasteiger partial charge in [0.15, 0.2) is 0 Å². The predicted molar refractivity (Wildman–Crippen MR) is 110 cm³/mol. The molecule has 0 fully saturated rings. The van der Waals surface area contributed by atoms with Gasteiger partial charge in [0.2, 0.25) is 0 Å². The van der Waals surface area contributed by atoms with Crippen LogP contribution in [0.2, 0.25) is 0 Å². The number of hydrogen-bond acceptors (Lipinski definition) is 4. The normalized spacial score (nSPS) is 11.4. The summed E-state index contributed by atoms with van der Waals surface area (Å²) in [6.07, 6.45) is 1.68. The highest BCUT2D eigenvalue weighted by atomic mass is 16.5. The smallest absolute Gasteiger partial charge is 0.346 e. The van der Waals surface area contributed by atoms with E-state index in [0.717, 1.165) is 46.3 Å². The van der Waals surface area contributed by atoms with Crippen LogP contribution in [0.1, 0.15) is 23.2 Å². The van der Waals surface area contributed by atoms with Gasteiger partial charge in [-0.15, -0.1) is 0 Å². The van der Waals surface area contributed by atoms with E-state index in [4.69, 9.17) is 13.9 Å². The quantitative estimate of drug-likeness (QED) is 0.373. The van der Waals surface area contributed by atoms with E-state index in [9.17, 15) is 4.79 Å². The lowest BCUT2D eigenvalue weighted by atomic mass is 10.1. The van der Waals surface area contributed by atoms with Crippen molar-refractivity contribution < 1.29 is 13.9 Å². The summed E-state index contributed by atoms with van der Waals surface area (Å²) in [7, 11) is 1.66. The Balaban J connectivity index is 1.42. The van der Waals surface area contributed by atoms with Crippen molar-refractivity contribution in [3.63, 3.8) is 0 Å². The predicted octanol–water partition coefficient (Wildman–Crippen LogP) is 4.74. The Hall–Kier alpha value is -3.05. The number of hydrogen-bond donors (Lipinski definition) is 1. The summed E-state index contributed by atoms with van der Waals surface area (Å²) < 4.78 is 16.4. The van der Waals surface area contributed by atoms with Crippen molar-refractivity contribution in [1.29, 1.82) is 0 Å². The molecule has 0 unspecified atom stereocenters. The van der Waals surface area contributed by atoms with Crippen LogP contribution in [0.4, 0.5) is 0 Å². The average Bonchev–Trinajstić information content (AvgIpc) is 3.05. The van der Waals surface area contributed by atoms with E-state index < -0.39 is 0 Å². The molecular weight excluding hydrogens is 354 g/mol. The number of ether oxygens (including phenoxy) is 2. The number of methoxy groups -OCH3 is 1. The Bertz CT molecular complexity index is 1160. The van der Waals surface area contributed by atoms with Gasteiger partial charge in [-0.3, -0.25) is 0 Å². The fraction of sp³-hybridized carbons (Fsp3) is 0.261. The van der Waals surface area contributed by atoms with Gasteiger partial charge < -0.3 is 18.9 Å². The number of fused-ring (bicyclic) bond motifs is 3. The number of rotatable bonds is 7. The number of nitrogens with one attached hydrogen (secondary N) is 1. The molecule has 144 valence electrons. The fourth-order valence-corrected chi connectivity index (χ4v) is 3.53. The van der Waals surface area contributed by atoms with Gasteiger partial charge in [-0.05, 0) is 55.2 Å². The Kier molecular flexibility index (Phi) is 5.17. The summed E-state index contributed by atoms with van der Waals surface area (Å²) in [6.45, 7) is 3.19. The van der Waals surface area contributed by atoms with Crippen LogP contribution < -0.4 is 10.4 Å². The van der Waals surface area contributed by atoms with E-state index in [2.05, 4.69) is 4.98 Å². The minimum absolute atomic E-state index is 0.288. The summed E-state index contributed by atoms with van der Waals surface area (Å²) in [5, 5.41) is 1.58. The highest BCUT2D eigenvalue weighted by molar-refractivity contribution is 6.03. The number of benzene rings is 2. The van der Waals surface area contributed by atoms with E-state index >= 15 is 0 Å². The number of H-pyrrole nitrogens is 1. The Morgan fingerprint density at radius 2 is 1.86 bits per heavy atom. The maximum atomic E-state index is 12.4. The van der Waals surface area contributed by atoms with Gasteiger partial charge in [0.1, 0.15) is 11.3 Å². The molecular formula is C23H23NO4. The molecule has 1 N–H and O–H groups in total. The van der Waals surface area contributed by atoms with Crippen LogP contribution in [0.25, 0.3) is 21.9 Å². The Morgan fingerprint density at radius 3 is 2.64 bits per heavy atom. The lowest BCUT2D eigenvalue weighted by Crippen LogP contribution is -2.00. The van der Waals surface area contributed by atoms with Crippen molar-refractivity contribution in [3.05, 3.63) is 75.8 Å². The highest BCUT2D eigenvalue weighted by Crippen LogP contribution is 2.26. The molecule has 0 saturated carbocycles. The van der Waals surface area contributed by atoms with Gasteiger partial charge in [0, 0.05) is 17.7 Å². The van der Waals surface area contributed by atoms with Crippen molar-refractivity contribution in [2.45, 2.75) is 26.4 Å². The van der Waals surface area contributed by atoms with Gasteiger partial charge in [0.25, 0.3) is 0 Å². The SMILES string of the molecule is COc1ccc(COCCCc2[nH]c3c(c2C)c(=O)oc2ccccc23)cc1. The van der Waals surface area contributed by atoms with Gasteiger partial charge in [-0.2, -0.15) is 0 Å². The second-order valence-electron chi connectivity index (χ2n) is 6.87. The summed E-state index contributed by atoms with van der Waals surface area (Å²) in [4.78, 5) is 15.8. The second-order valence-corrected chi connectivity index (χ2v) is 6.87. The van der Waals surface area contributed by atoms with Crippen molar-refractivity contribution in [3.8, 4) is 5.75 Å². The monoisotopic (exact) mass is 377 g/mol. The van der Waals surface area contributed by atoms with E-state index in [1.165, 1.54) is 0 Å². The zero-order valence-corrected chi connectivity index (χ0v) is 16.1. The Labute approximate surface area is 162 Å². The van der Waals surface area contributed by atoms with E-state index in [-0.39, 0.29) is 5.63 Å². The van der Waals surface area contributed by atoms with E-state index in [0.29, 0.717) is 24.2 Å². The average molecular weight is 377 g/mol. The number of aromatic nitrogens is 1. The molecule has 4 rings (SSSR count). The largest absolute Gasteiger partial charge is 0.497 e. The molecule has 2 heterocycles. The Morgan fingerprint density at radius 1 is 1.07 bits per heavy atom. The third-order valence-electron chi connectivity index (χ3n) is 5.06. The maximum Gasteiger partial charge on any atom is 0.346 e. The van der Waals surface area contributed by atoms with Crippen LogP contribution in [0.5, 0.6) is 5.75 Å². The molecule has 0 radical (unpaired) electrons. The first kappa shape index (κ1) is 18.3. The minimum atomic E-state index is -0.288. The van der Waals surface area contributed by atoms with Crippen LogP contribution in [0.3, 0.4) is 0 Å². The zero-order valence-electron chi connectivity index (χ0n) is 16.1. The van der Waals surface area contributed by atoms with E-state index in [1.54, 1.807) is 7.11 Å². The zero-order chi connectivity index (χ0) is 19.5. The molecule has 5 nitrogen and oxygen atoms in total. The van der Waals surface area contributed by atoms with Gasteiger partial charge in [0.05, 0.1) is 24.6 Å². The molecule has 28 heavy (non-hydrogen) atoms. The third kappa shape index (κ3) is 3.53. The van der Waals surface area contributed by atoms with Crippen molar-refractivity contribution in [1.82, 2.24) is 4.98 Å². The molecule has 0 aliphatic carbocycles. The van der Waals surface area contributed by atoms with E-state index in [1.807, 2.05) is 55.5 Å². The summed E-state index contributed by atoms with van der Waals surface area (Å²) in [5.41, 5.74) is 4.32. The van der Waals surface area contributed by atoms with Crippen molar-refractivity contribution >= 4 is 21.9 Å². The molecule has 0 saturated heterocycles. The van der Waals surface area contributed by atoms with Crippen LogP contribution in [0.15, 0.2) is 57.7 Å². The standard InChI is InChI=1S/C23H23NO4/c1-15-19(7-5-13-27-14-16-9-11-17(26-2)12-10-16)24-22-18-6-3-4-8-20(18)28-23(25)21(15)22/h3-4,6,8-12,24H,5,7,13-14H2,1-2H3. The van der Waals surface area contributed by atoms with Crippen LogP contribution in [-0.2, 0) is 17.8 Å². The van der Waals surface area contributed by atoms with Crippen molar-refractivity contribution in [2.75, 3.05) is 13.7 Å².